The molecule has 0 bridgehead atoms. The SMILES string of the molecule is [B][C@@H]1O[C@H](CO)[C@@H]2OP(=O)(O)OC12C=C=C(C)C. The van der Waals surface area contributed by atoms with E-state index < -0.39 is 31.6 Å². The minimum atomic E-state index is -4.19. The molecule has 5 atom stereocenters. The third kappa shape index (κ3) is 2.24. The summed E-state index contributed by atoms with van der Waals surface area (Å²) < 4.78 is 26.8. The van der Waals surface area contributed by atoms with E-state index in [4.69, 9.17) is 26.7 Å². The molecule has 2 heterocycles. The molecule has 2 aliphatic rings. The first-order chi connectivity index (χ1) is 8.31. The highest BCUT2D eigenvalue weighted by atomic mass is 31.2. The number of aliphatic hydroxyl groups is 1. The Morgan fingerprint density at radius 1 is 1.61 bits per heavy atom. The van der Waals surface area contributed by atoms with Gasteiger partial charge in [0.2, 0.25) is 0 Å². The maximum atomic E-state index is 11.5. The Balaban J connectivity index is 2.46. The summed E-state index contributed by atoms with van der Waals surface area (Å²) in [6.07, 6.45) is -0.304. The van der Waals surface area contributed by atoms with E-state index in [0.717, 1.165) is 5.57 Å². The van der Waals surface area contributed by atoms with Crippen LogP contribution in [0.1, 0.15) is 13.8 Å². The van der Waals surface area contributed by atoms with Gasteiger partial charge in [-0.15, -0.1) is 5.73 Å². The summed E-state index contributed by atoms with van der Waals surface area (Å²) in [6, 6.07) is -1.01. The van der Waals surface area contributed by atoms with Gasteiger partial charge in [-0.1, -0.05) is 0 Å². The van der Waals surface area contributed by atoms with E-state index in [9.17, 15) is 9.46 Å². The van der Waals surface area contributed by atoms with Crippen molar-refractivity contribution in [3.63, 3.8) is 0 Å². The highest BCUT2D eigenvalue weighted by Crippen LogP contribution is 2.61. The second-order valence-electron chi connectivity index (χ2n) is 4.51. The van der Waals surface area contributed by atoms with Crippen molar-refractivity contribution in [1.82, 2.24) is 0 Å². The summed E-state index contributed by atoms with van der Waals surface area (Å²) >= 11 is 0. The van der Waals surface area contributed by atoms with Crippen molar-refractivity contribution in [3.8, 4) is 0 Å². The molecular formula is C10H14BO6P. The lowest BCUT2D eigenvalue weighted by Gasteiger charge is -2.24. The van der Waals surface area contributed by atoms with Crippen molar-refractivity contribution in [2.75, 3.05) is 6.61 Å². The molecule has 0 aromatic rings. The van der Waals surface area contributed by atoms with Gasteiger partial charge in [0.25, 0.3) is 0 Å². The Morgan fingerprint density at radius 3 is 2.83 bits per heavy atom. The summed E-state index contributed by atoms with van der Waals surface area (Å²) in [7, 11) is 1.59. The van der Waals surface area contributed by atoms with Gasteiger partial charge in [-0.2, -0.15) is 0 Å². The van der Waals surface area contributed by atoms with Crippen LogP contribution in [0.4, 0.5) is 0 Å². The fourth-order valence-corrected chi connectivity index (χ4v) is 3.31. The molecule has 0 aromatic heterocycles. The second kappa shape index (κ2) is 4.62. The molecule has 2 rings (SSSR count). The molecule has 2 saturated heterocycles. The molecule has 2 N–H and O–H groups in total. The van der Waals surface area contributed by atoms with Gasteiger partial charge in [0.05, 0.1) is 12.6 Å². The first-order valence-corrected chi connectivity index (χ1v) is 6.95. The van der Waals surface area contributed by atoms with Crippen LogP contribution in [0, 0.1) is 0 Å². The van der Waals surface area contributed by atoms with E-state index in [1.54, 1.807) is 13.8 Å². The van der Waals surface area contributed by atoms with Crippen LogP contribution in [0.25, 0.3) is 0 Å². The number of hydrogen-bond donors (Lipinski definition) is 2. The Hall–Kier alpha value is -0.385. The van der Waals surface area contributed by atoms with Gasteiger partial charge in [0.15, 0.2) is 5.60 Å². The van der Waals surface area contributed by atoms with Gasteiger partial charge in [0, 0.05) is 0 Å². The van der Waals surface area contributed by atoms with Gasteiger partial charge in [-0.05, 0) is 25.5 Å². The van der Waals surface area contributed by atoms with Gasteiger partial charge >= 0.3 is 7.82 Å². The molecule has 0 amide bonds. The normalized spacial score (nSPS) is 46.6. The van der Waals surface area contributed by atoms with E-state index in [0.29, 0.717) is 0 Å². The molecule has 8 heteroatoms. The lowest BCUT2D eigenvalue weighted by Crippen LogP contribution is -2.44. The summed E-state index contributed by atoms with van der Waals surface area (Å²) in [4.78, 5) is 9.43. The van der Waals surface area contributed by atoms with E-state index in [1.165, 1.54) is 6.08 Å². The number of phosphoric ester groups is 1. The Kier molecular flexibility index (Phi) is 3.60. The predicted octanol–water partition coefficient (Wildman–Crippen LogP) is 0.248. The van der Waals surface area contributed by atoms with Gasteiger partial charge in [0.1, 0.15) is 20.1 Å². The van der Waals surface area contributed by atoms with Gasteiger partial charge in [-0.3, -0.25) is 9.05 Å². The number of hydrogen-bond acceptors (Lipinski definition) is 5. The van der Waals surface area contributed by atoms with Crippen molar-refractivity contribution in [2.24, 2.45) is 0 Å². The summed E-state index contributed by atoms with van der Waals surface area (Å²) in [5.41, 5.74) is 2.32. The first-order valence-electron chi connectivity index (χ1n) is 5.45. The van der Waals surface area contributed by atoms with Crippen molar-refractivity contribution < 1.29 is 28.3 Å². The van der Waals surface area contributed by atoms with E-state index in [1.807, 2.05) is 0 Å². The highest BCUT2D eigenvalue weighted by Gasteiger charge is 2.64. The Bertz CT molecular complexity index is 455. The Labute approximate surface area is 106 Å². The van der Waals surface area contributed by atoms with E-state index >= 15 is 0 Å². The summed E-state index contributed by atoms with van der Waals surface area (Å²) in [6.45, 7) is 3.23. The molecule has 2 fully saturated rings. The van der Waals surface area contributed by atoms with Crippen LogP contribution in [0.15, 0.2) is 17.4 Å². The third-order valence-electron chi connectivity index (χ3n) is 2.84. The zero-order chi connectivity index (χ0) is 13.6. The largest absolute Gasteiger partial charge is 0.473 e. The number of aliphatic hydroxyl groups excluding tert-OH is 1. The third-order valence-corrected chi connectivity index (χ3v) is 3.88. The van der Waals surface area contributed by atoms with E-state index in [-0.39, 0.29) is 6.61 Å². The van der Waals surface area contributed by atoms with E-state index in [2.05, 4.69) is 5.73 Å². The van der Waals surface area contributed by atoms with Crippen LogP contribution in [0.5, 0.6) is 0 Å². The molecule has 0 saturated carbocycles. The molecule has 2 unspecified atom stereocenters. The van der Waals surface area contributed by atoms with Crippen molar-refractivity contribution in [2.45, 2.75) is 37.7 Å². The smallest absolute Gasteiger partial charge is 0.394 e. The Morgan fingerprint density at radius 2 is 2.28 bits per heavy atom. The van der Waals surface area contributed by atoms with Gasteiger partial charge < -0.3 is 14.7 Å². The maximum absolute atomic E-state index is 11.5. The molecule has 0 aromatic carbocycles. The monoisotopic (exact) mass is 272 g/mol. The first kappa shape index (κ1) is 14.0. The van der Waals surface area contributed by atoms with Crippen LogP contribution in [-0.4, -0.2) is 48.3 Å². The quantitative estimate of drug-likeness (QED) is 0.425. The van der Waals surface area contributed by atoms with Crippen LogP contribution >= 0.6 is 7.82 Å². The van der Waals surface area contributed by atoms with Crippen LogP contribution in [0.3, 0.4) is 0 Å². The average Bonchev–Trinajstić information content (AvgIpc) is 2.67. The highest BCUT2D eigenvalue weighted by molar-refractivity contribution is 7.47. The number of ether oxygens (including phenoxy) is 1. The number of fused-ring (bicyclic) bond motifs is 1. The van der Waals surface area contributed by atoms with Crippen LogP contribution in [-0.2, 0) is 18.3 Å². The summed E-state index contributed by atoms with van der Waals surface area (Å²) in [5, 5.41) is 9.17. The molecule has 18 heavy (non-hydrogen) atoms. The fourth-order valence-electron chi connectivity index (χ4n) is 2.02. The topological polar surface area (TPSA) is 85.2 Å². The van der Waals surface area contributed by atoms with Crippen LogP contribution < -0.4 is 0 Å². The molecular weight excluding hydrogens is 258 g/mol. The molecule has 6 nitrogen and oxygen atoms in total. The maximum Gasteiger partial charge on any atom is 0.473 e. The molecule has 0 spiro atoms. The van der Waals surface area contributed by atoms with Crippen LogP contribution in [0.2, 0.25) is 0 Å². The zero-order valence-electron chi connectivity index (χ0n) is 10.1. The fraction of sp³-hybridized carbons (Fsp3) is 0.700. The standard InChI is InChI=1S/C10H14BO6P/c1-6(2)3-4-10-8(16-18(13,14)17-10)7(5-12)15-9(10)11/h4,7-9,12H,5H2,1-2H3,(H,13,14)/t7-,8+,9-,10?/m1/s1. The summed E-state index contributed by atoms with van der Waals surface area (Å²) in [5.74, 6) is 0. The lowest BCUT2D eigenvalue weighted by molar-refractivity contribution is -0.00511. The van der Waals surface area contributed by atoms with Crippen molar-refractivity contribution in [1.29, 1.82) is 0 Å². The molecule has 98 valence electrons. The average molecular weight is 272 g/mol. The van der Waals surface area contributed by atoms with Gasteiger partial charge in [-0.25, -0.2) is 4.57 Å². The minimum Gasteiger partial charge on any atom is -0.394 e. The number of phosphoric acid groups is 1. The lowest BCUT2D eigenvalue weighted by atomic mass is 9.80. The molecule has 0 aliphatic carbocycles. The minimum absolute atomic E-state index is 0.383. The molecule has 2 aliphatic heterocycles. The second-order valence-corrected chi connectivity index (χ2v) is 5.84. The van der Waals surface area contributed by atoms with Crippen molar-refractivity contribution in [3.05, 3.63) is 17.4 Å². The molecule has 2 radical (unpaired) electrons. The number of rotatable bonds is 2. The zero-order valence-corrected chi connectivity index (χ0v) is 11.0. The predicted molar refractivity (Wildman–Crippen MR) is 63.0 cm³/mol. The van der Waals surface area contributed by atoms with Crippen molar-refractivity contribution >= 4 is 15.7 Å².